The van der Waals surface area contributed by atoms with Crippen molar-refractivity contribution in [2.75, 3.05) is 45.6 Å². The zero-order valence-corrected chi connectivity index (χ0v) is 21.3. The molecule has 2 saturated heterocycles. The van der Waals surface area contributed by atoms with Gasteiger partial charge in [0.25, 0.3) is 0 Å². The molecular weight excluding hydrogens is 475 g/mol. The Bertz CT molecular complexity index is 1310. The number of imidazole rings is 1. The van der Waals surface area contributed by atoms with Gasteiger partial charge in [-0.25, -0.2) is 14.2 Å². The summed E-state index contributed by atoms with van der Waals surface area (Å²) in [7, 11) is 1.58. The third-order valence-electron chi connectivity index (χ3n) is 7.77. The van der Waals surface area contributed by atoms with Gasteiger partial charge in [-0.1, -0.05) is 0 Å². The van der Waals surface area contributed by atoms with Gasteiger partial charge in [-0.3, -0.25) is 18.8 Å². The molecule has 0 radical (unpaired) electrons. The number of nitrogens with two attached hydrogens (primary N) is 1. The van der Waals surface area contributed by atoms with Crippen LogP contribution in [-0.2, 0) is 22.6 Å². The van der Waals surface area contributed by atoms with Crippen LogP contribution in [0, 0.1) is 11.7 Å². The molecule has 4 heterocycles. The van der Waals surface area contributed by atoms with Crippen LogP contribution in [0.15, 0.2) is 41.3 Å². The minimum atomic E-state index is -0.368. The van der Waals surface area contributed by atoms with Gasteiger partial charge in [0.05, 0.1) is 24.2 Å². The van der Waals surface area contributed by atoms with Gasteiger partial charge in [0.15, 0.2) is 0 Å². The van der Waals surface area contributed by atoms with Crippen LogP contribution < -0.4 is 11.4 Å². The van der Waals surface area contributed by atoms with Gasteiger partial charge in [0.1, 0.15) is 11.6 Å². The Morgan fingerprint density at radius 1 is 1.08 bits per heavy atom. The van der Waals surface area contributed by atoms with E-state index in [0.29, 0.717) is 50.4 Å². The zero-order chi connectivity index (χ0) is 25.9. The number of ether oxygens (including phenoxy) is 1. The summed E-state index contributed by atoms with van der Waals surface area (Å²) in [6.45, 7) is 4.56. The first-order valence-electron chi connectivity index (χ1n) is 13.1. The van der Waals surface area contributed by atoms with Gasteiger partial charge in [-0.2, -0.15) is 0 Å². The third kappa shape index (κ3) is 5.40. The van der Waals surface area contributed by atoms with Crippen molar-refractivity contribution in [3.63, 3.8) is 0 Å². The van der Waals surface area contributed by atoms with Gasteiger partial charge >= 0.3 is 5.69 Å². The molecule has 3 aromatic rings. The molecule has 0 spiro atoms. The minimum absolute atomic E-state index is 0.0250. The number of amides is 1. The van der Waals surface area contributed by atoms with E-state index in [1.807, 2.05) is 17.0 Å². The summed E-state index contributed by atoms with van der Waals surface area (Å²) in [5, 5.41) is 0. The maximum Gasteiger partial charge on any atom is 0.329 e. The first kappa shape index (κ1) is 25.4. The van der Waals surface area contributed by atoms with Crippen molar-refractivity contribution in [3.05, 3.63) is 58.4 Å². The molecule has 2 fully saturated rings. The second kappa shape index (κ2) is 11.0. The van der Waals surface area contributed by atoms with Crippen molar-refractivity contribution in [1.29, 1.82) is 0 Å². The Kier molecular flexibility index (Phi) is 7.57. The molecule has 9 nitrogen and oxygen atoms in total. The number of pyridine rings is 1. The maximum absolute atomic E-state index is 14.0. The lowest BCUT2D eigenvalue weighted by Gasteiger charge is -2.37. The quantitative estimate of drug-likeness (QED) is 0.525. The highest BCUT2D eigenvalue weighted by Gasteiger charge is 2.32. The van der Waals surface area contributed by atoms with Crippen molar-refractivity contribution in [2.24, 2.45) is 5.92 Å². The molecule has 1 amide bonds. The molecule has 0 atom stereocenters. The first-order chi connectivity index (χ1) is 17.9. The van der Waals surface area contributed by atoms with Gasteiger partial charge in [0, 0.05) is 44.9 Å². The molecule has 10 heteroatoms. The Morgan fingerprint density at radius 2 is 1.84 bits per heavy atom. The number of anilines is 1. The third-order valence-corrected chi connectivity index (χ3v) is 7.77. The van der Waals surface area contributed by atoms with Crippen molar-refractivity contribution in [3.8, 4) is 0 Å². The van der Waals surface area contributed by atoms with Gasteiger partial charge in [0.2, 0.25) is 5.91 Å². The smallest absolute Gasteiger partial charge is 0.329 e. The highest BCUT2D eigenvalue weighted by molar-refractivity contribution is 5.79. The van der Waals surface area contributed by atoms with E-state index in [1.54, 1.807) is 28.5 Å². The number of likely N-dealkylation sites (tertiary alicyclic amines) is 2. The zero-order valence-electron chi connectivity index (χ0n) is 21.3. The van der Waals surface area contributed by atoms with E-state index >= 15 is 0 Å². The molecule has 198 valence electrons. The fourth-order valence-electron chi connectivity index (χ4n) is 5.80. The van der Waals surface area contributed by atoms with E-state index in [0.717, 1.165) is 43.6 Å². The first-order valence-corrected chi connectivity index (χ1v) is 13.1. The van der Waals surface area contributed by atoms with Crippen LogP contribution in [0.1, 0.15) is 37.3 Å². The lowest BCUT2D eigenvalue weighted by molar-refractivity contribution is -0.138. The number of methoxy groups -OCH3 is 1. The van der Waals surface area contributed by atoms with Crippen molar-refractivity contribution in [1.82, 2.24) is 23.9 Å². The second-order valence-electron chi connectivity index (χ2n) is 10.1. The Balaban J connectivity index is 1.20. The van der Waals surface area contributed by atoms with E-state index in [2.05, 4.69) is 9.88 Å². The molecule has 37 heavy (non-hydrogen) atoms. The van der Waals surface area contributed by atoms with Crippen LogP contribution in [0.25, 0.3) is 11.0 Å². The van der Waals surface area contributed by atoms with Crippen LogP contribution in [-0.4, -0.2) is 69.7 Å². The molecule has 0 unspecified atom stereocenters. The molecular formula is C27H35FN6O3. The number of aromatic nitrogens is 3. The SMILES string of the molecule is COCCn1c(=O)n(C2CCN(C(=O)C3CCN(Cc4ccnc(N)c4)CC3)CC2)c2ccc(F)cc21. The van der Waals surface area contributed by atoms with Crippen molar-refractivity contribution in [2.45, 2.75) is 44.8 Å². The summed E-state index contributed by atoms with van der Waals surface area (Å²) in [5.41, 5.74) is 8.11. The number of piperidine rings is 2. The summed E-state index contributed by atoms with van der Waals surface area (Å²) in [5.74, 6) is 0.423. The normalized spacial score (nSPS) is 18.1. The molecule has 2 N–H and O–H groups in total. The number of benzene rings is 1. The average Bonchev–Trinajstić information content (AvgIpc) is 3.17. The predicted molar refractivity (Wildman–Crippen MR) is 140 cm³/mol. The van der Waals surface area contributed by atoms with Crippen LogP contribution in [0.2, 0.25) is 0 Å². The average molecular weight is 511 g/mol. The van der Waals surface area contributed by atoms with Crippen LogP contribution in [0.3, 0.4) is 0 Å². The summed E-state index contributed by atoms with van der Waals surface area (Å²) in [6, 6.07) is 8.35. The molecule has 5 rings (SSSR count). The number of nitrogens with zero attached hydrogens (tertiary/aromatic N) is 5. The Labute approximate surface area is 215 Å². The number of fused-ring (bicyclic) bond motifs is 1. The van der Waals surface area contributed by atoms with E-state index in [9.17, 15) is 14.0 Å². The van der Waals surface area contributed by atoms with Crippen LogP contribution in [0.5, 0.6) is 0 Å². The number of halogens is 1. The minimum Gasteiger partial charge on any atom is -0.384 e. The summed E-state index contributed by atoms with van der Waals surface area (Å²) in [6.07, 6.45) is 4.83. The van der Waals surface area contributed by atoms with Crippen LogP contribution >= 0.6 is 0 Å². The van der Waals surface area contributed by atoms with E-state index in [4.69, 9.17) is 10.5 Å². The highest BCUT2D eigenvalue weighted by Crippen LogP contribution is 2.29. The standard InChI is InChI=1S/C27H35FN6O3/c1-37-15-14-33-24-17-21(28)2-3-23(24)34(27(33)36)22-7-12-32(13-8-22)26(35)20-5-10-31(11-6-20)18-19-4-9-30-25(29)16-19/h2-4,9,16-17,20,22H,5-8,10-15,18H2,1H3,(H2,29,30). The summed E-state index contributed by atoms with van der Waals surface area (Å²) in [4.78, 5) is 35.0. The molecule has 0 bridgehead atoms. The number of hydrogen-bond donors (Lipinski definition) is 1. The van der Waals surface area contributed by atoms with Gasteiger partial charge in [-0.15, -0.1) is 0 Å². The number of nitrogen functional groups attached to an aromatic ring is 1. The topological polar surface area (TPSA) is 98.6 Å². The molecule has 2 aliphatic heterocycles. The van der Waals surface area contributed by atoms with E-state index in [1.165, 1.54) is 12.1 Å². The number of carbonyl (C=O) groups excluding carboxylic acids is 1. The number of rotatable bonds is 7. The van der Waals surface area contributed by atoms with E-state index < -0.39 is 0 Å². The lowest BCUT2D eigenvalue weighted by atomic mass is 9.93. The van der Waals surface area contributed by atoms with Crippen LogP contribution in [0.4, 0.5) is 10.2 Å². The van der Waals surface area contributed by atoms with Crippen molar-refractivity contribution >= 4 is 22.8 Å². The second-order valence-corrected chi connectivity index (χ2v) is 10.1. The lowest BCUT2D eigenvalue weighted by Crippen LogP contribution is -2.46. The molecule has 2 aliphatic rings. The molecule has 0 saturated carbocycles. The number of carbonyl (C=O) groups is 1. The molecule has 0 aliphatic carbocycles. The maximum atomic E-state index is 14.0. The molecule has 2 aromatic heterocycles. The monoisotopic (exact) mass is 510 g/mol. The van der Waals surface area contributed by atoms with Gasteiger partial charge < -0.3 is 15.4 Å². The predicted octanol–water partition coefficient (Wildman–Crippen LogP) is 2.64. The Morgan fingerprint density at radius 3 is 2.54 bits per heavy atom. The summed E-state index contributed by atoms with van der Waals surface area (Å²) < 4.78 is 22.5. The van der Waals surface area contributed by atoms with E-state index in [-0.39, 0.29) is 29.4 Å². The molecule has 1 aromatic carbocycles. The number of hydrogen-bond acceptors (Lipinski definition) is 6. The van der Waals surface area contributed by atoms with Gasteiger partial charge in [-0.05, 0) is 74.7 Å². The largest absolute Gasteiger partial charge is 0.384 e. The summed E-state index contributed by atoms with van der Waals surface area (Å²) >= 11 is 0. The fourth-order valence-corrected chi connectivity index (χ4v) is 5.80. The fraction of sp³-hybridized carbons (Fsp3) is 0.519. The highest BCUT2D eigenvalue weighted by atomic mass is 19.1. The van der Waals surface area contributed by atoms with Crippen molar-refractivity contribution < 1.29 is 13.9 Å². The Hall–Kier alpha value is -3.24.